The van der Waals surface area contributed by atoms with E-state index < -0.39 is 0 Å². The highest BCUT2D eigenvalue weighted by molar-refractivity contribution is 5.80. The van der Waals surface area contributed by atoms with Crippen molar-refractivity contribution in [2.45, 2.75) is 45.7 Å². The smallest absolute Gasteiger partial charge is 0.203 e. The molecule has 1 saturated carbocycles. The van der Waals surface area contributed by atoms with Crippen LogP contribution >= 0.6 is 0 Å². The van der Waals surface area contributed by atoms with Gasteiger partial charge in [-0.25, -0.2) is 0 Å². The van der Waals surface area contributed by atoms with Crippen LogP contribution in [0.15, 0.2) is 17.1 Å². The van der Waals surface area contributed by atoms with E-state index in [2.05, 4.69) is 29.0 Å². The monoisotopic (exact) mass is 418 g/mol. The van der Waals surface area contributed by atoms with E-state index in [1.807, 2.05) is 12.1 Å². The Balaban J connectivity index is 1.57. The lowest BCUT2D eigenvalue weighted by Crippen LogP contribution is -2.52. The van der Waals surface area contributed by atoms with Gasteiger partial charge in [-0.05, 0) is 43.4 Å². The van der Waals surface area contributed by atoms with Gasteiger partial charge in [0.2, 0.25) is 5.75 Å². The minimum absolute atomic E-state index is 0.618. The molecule has 1 saturated heterocycles. The molecule has 0 spiro atoms. The number of aliphatic imine (C=N–C) groups is 1. The number of benzene rings is 1. The molecule has 1 aromatic rings. The number of nitrogens with zero attached hydrogens (tertiary/aromatic N) is 3. The lowest BCUT2D eigenvalue weighted by Gasteiger charge is -2.36. The topological polar surface area (TPSA) is 58.6 Å². The van der Waals surface area contributed by atoms with Crippen molar-refractivity contribution in [1.29, 1.82) is 0 Å². The van der Waals surface area contributed by atoms with Crippen LogP contribution in [0.4, 0.5) is 0 Å². The van der Waals surface area contributed by atoms with Gasteiger partial charge in [0, 0.05) is 45.3 Å². The number of guanidine groups is 1. The molecule has 168 valence electrons. The van der Waals surface area contributed by atoms with Crippen LogP contribution in [0.2, 0.25) is 0 Å². The van der Waals surface area contributed by atoms with E-state index >= 15 is 0 Å². The summed E-state index contributed by atoms with van der Waals surface area (Å²) in [6.45, 7) is 10.0. The van der Waals surface area contributed by atoms with Gasteiger partial charge < -0.3 is 24.4 Å². The van der Waals surface area contributed by atoms with Gasteiger partial charge in [0.25, 0.3) is 0 Å². The first kappa shape index (κ1) is 22.5. The van der Waals surface area contributed by atoms with E-state index in [0.717, 1.165) is 51.1 Å². The van der Waals surface area contributed by atoms with Gasteiger partial charge in [-0.3, -0.25) is 9.89 Å². The number of ether oxygens (including phenoxy) is 3. The first-order valence-electron chi connectivity index (χ1n) is 11.2. The maximum atomic E-state index is 5.50. The fourth-order valence-corrected chi connectivity index (χ4v) is 4.27. The van der Waals surface area contributed by atoms with Gasteiger partial charge in [-0.15, -0.1) is 0 Å². The van der Waals surface area contributed by atoms with Crippen LogP contribution in [-0.4, -0.2) is 75.9 Å². The lowest BCUT2D eigenvalue weighted by molar-refractivity contribution is 0.172. The summed E-state index contributed by atoms with van der Waals surface area (Å²) in [5.41, 5.74) is 1.17. The molecule has 1 N–H and O–H groups in total. The zero-order chi connectivity index (χ0) is 21.5. The number of hydrogen-bond donors (Lipinski definition) is 1. The van der Waals surface area contributed by atoms with Crippen LogP contribution in [-0.2, 0) is 6.54 Å². The summed E-state index contributed by atoms with van der Waals surface area (Å²) < 4.78 is 16.4. The van der Waals surface area contributed by atoms with E-state index in [0.29, 0.717) is 23.3 Å². The SMILES string of the molecule is CCCC1CC1NC(=NCC)N1CCN(Cc2cc(OC)c(OC)c(OC)c2)CC1. The molecule has 30 heavy (non-hydrogen) atoms. The maximum absolute atomic E-state index is 5.50. The van der Waals surface area contributed by atoms with Crippen molar-refractivity contribution in [2.24, 2.45) is 10.9 Å². The minimum Gasteiger partial charge on any atom is -0.493 e. The summed E-state index contributed by atoms with van der Waals surface area (Å²) in [5.74, 6) is 3.98. The van der Waals surface area contributed by atoms with Crippen LogP contribution in [0.25, 0.3) is 0 Å². The van der Waals surface area contributed by atoms with Crippen LogP contribution in [0, 0.1) is 5.92 Å². The largest absolute Gasteiger partial charge is 0.493 e. The molecule has 1 aliphatic carbocycles. The van der Waals surface area contributed by atoms with Crippen molar-refractivity contribution < 1.29 is 14.2 Å². The summed E-state index contributed by atoms with van der Waals surface area (Å²) in [5, 5.41) is 3.71. The van der Waals surface area contributed by atoms with Gasteiger partial charge in [0.05, 0.1) is 21.3 Å². The average molecular weight is 419 g/mol. The third kappa shape index (κ3) is 5.50. The summed E-state index contributed by atoms with van der Waals surface area (Å²) >= 11 is 0. The predicted molar refractivity (Wildman–Crippen MR) is 121 cm³/mol. The Labute approximate surface area is 181 Å². The fraction of sp³-hybridized carbons (Fsp3) is 0.696. The molecule has 0 aromatic heterocycles. The summed E-state index contributed by atoms with van der Waals surface area (Å²) in [7, 11) is 4.95. The Morgan fingerprint density at radius 3 is 2.23 bits per heavy atom. The zero-order valence-corrected chi connectivity index (χ0v) is 19.2. The van der Waals surface area contributed by atoms with Crippen molar-refractivity contribution >= 4 is 5.96 Å². The zero-order valence-electron chi connectivity index (χ0n) is 19.2. The van der Waals surface area contributed by atoms with Gasteiger partial charge >= 0.3 is 0 Å². The Kier molecular flexibility index (Phi) is 8.08. The van der Waals surface area contributed by atoms with Crippen molar-refractivity contribution in [3.8, 4) is 17.2 Å². The quantitative estimate of drug-likeness (QED) is 0.491. The Morgan fingerprint density at radius 2 is 1.70 bits per heavy atom. The molecule has 2 aliphatic rings. The van der Waals surface area contributed by atoms with E-state index in [1.165, 1.54) is 24.8 Å². The normalized spacial score (nSPS) is 22.0. The number of methoxy groups -OCH3 is 3. The Hall–Kier alpha value is -2.15. The van der Waals surface area contributed by atoms with E-state index in [-0.39, 0.29) is 0 Å². The van der Waals surface area contributed by atoms with Gasteiger partial charge in [-0.1, -0.05) is 13.3 Å². The van der Waals surface area contributed by atoms with Crippen LogP contribution in [0.5, 0.6) is 17.2 Å². The first-order chi connectivity index (χ1) is 14.6. The second-order valence-electron chi connectivity index (χ2n) is 8.13. The van der Waals surface area contributed by atoms with E-state index in [9.17, 15) is 0 Å². The molecule has 0 radical (unpaired) electrons. The highest BCUT2D eigenvalue weighted by Crippen LogP contribution is 2.38. The molecule has 1 heterocycles. The van der Waals surface area contributed by atoms with Crippen molar-refractivity contribution in [2.75, 3.05) is 54.1 Å². The van der Waals surface area contributed by atoms with Crippen molar-refractivity contribution in [3.63, 3.8) is 0 Å². The van der Waals surface area contributed by atoms with Crippen molar-refractivity contribution in [3.05, 3.63) is 17.7 Å². The van der Waals surface area contributed by atoms with Crippen molar-refractivity contribution in [1.82, 2.24) is 15.1 Å². The number of hydrogen-bond acceptors (Lipinski definition) is 5. The molecular formula is C23H38N4O3. The molecule has 7 nitrogen and oxygen atoms in total. The third-order valence-corrected chi connectivity index (χ3v) is 6.01. The molecule has 1 aromatic carbocycles. The van der Waals surface area contributed by atoms with Gasteiger partial charge in [0.1, 0.15) is 0 Å². The van der Waals surface area contributed by atoms with Gasteiger partial charge in [0.15, 0.2) is 17.5 Å². The minimum atomic E-state index is 0.618. The van der Waals surface area contributed by atoms with Gasteiger partial charge in [-0.2, -0.15) is 0 Å². The van der Waals surface area contributed by atoms with Crippen LogP contribution < -0.4 is 19.5 Å². The van der Waals surface area contributed by atoms with E-state index in [1.54, 1.807) is 21.3 Å². The number of piperazine rings is 1. The summed E-state index contributed by atoms with van der Waals surface area (Å²) in [4.78, 5) is 9.65. The first-order valence-corrected chi connectivity index (χ1v) is 11.2. The molecule has 0 bridgehead atoms. The molecular weight excluding hydrogens is 380 g/mol. The Morgan fingerprint density at radius 1 is 1.03 bits per heavy atom. The number of rotatable bonds is 9. The van der Waals surface area contributed by atoms with E-state index in [4.69, 9.17) is 19.2 Å². The summed E-state index contributed by atoms with van der Waals surface area (Å²) in [6.07, 6.45) is 3.88. The second kappa shape index (κ2) is 10.8. The predicted octanol–water partition coefficient (Wildman–Crippen LogP) is 2.98. The second-order valence-corrected chi connectivity index (χ2v) is 8.13. The van der Waals surface area contributed by atoms with Crippen LogP contribution in [0.1, 0.15) is 38.7 Å². The molecule has 1 aliphatic heterocycles. The average Bonchev–Trinajstić information content (AvgIpc) is 3.50. The number of nitrogens with one attached hydrogen (secondary N) is 1. The molecule has 0 amide bonds. The maximum Gasteiger partial charge on any atom is 0.203 e. The third-order valence-electron chi connectivity index (χ3n) is 6.01. The molecule has 3 rings (SSSR count). The van der Waals surface area contributed by atoms with Crippen LogP contribution in [0.3, 0.4) is 0 Å². The molecule has 2 unspecified atom stereocenters. The molecule has 7 heteroatoms. The summed E-state index contributed by atoms with van der Waals surface area (Å²) in [6, 6.07) is 4.70. The standard InChI is InChI=1S/C23H38N4O3/c1-6-8-18-15-19(18)25-23(24-7-2)27-11-9-26(10-12-27)16-17-13-20(28-3)22(30-5)21(14-17)29-4/h13-14,18-19H,6-12,15-16H2,1-5H3,(H,24,25). The highest BCUT2D eigenvalue weighted by Gasteiger charge is 2.37. The molecule has 2 atom stereocenters. The molecule has 2 fully saturated rings. The Bertz CT molecular complexity index is 691. The highest BCUT2D eigenvalue weighted by atomic mass is 16.5. The lowest BCUT2D eigenvalue weighted by atomic mass is 10.1. The fourth-order valence-electron chi connectivity index (χ4n) is 4.27.